The molecule has 9 heteroatoms. The lowest BCUT2D eigenvalue weighted by molar-refractivity contribution is -0.142. The number of rotatable bonds is 8. The summed E-state index contributed by atoms with van der Waals surface area (Å²) in [6.45, 7) is 2.30. The molecule has 1 aliphatic carbocycles. The number of methoxy groups -OCH3 is 2. The van der Waals surface area contributed by atoms with Gasteiger partial charge in [-0.1, -0.05) is 0 Å². The Morgan fingerprint density at radius 2 is 1.45 bits per heavy atom. The molecular formula is C13H21F2O6P. The summed E-state index contributed by atoms with van der Waals surface area (Å²) in [6, 6.07) is 0. The Balaban J connectivity index is 3.22. The van der Waals surface area contributed by atoms with Crippen molar-refractivity contribution in [3.63, 3.8) is 0 Å². The number of ether oxygens (including phenoxy) is 2. The minimum Gasteiger partial charge on any atom is -0.375 e. The van der Waals surface area contributed by atoms with Gasteiger partial charge in [-0.3, -0.25) is 4.57 Å². The van der Waals surface area contributed by atoms with Crippen molar-refractivity contribution in [1.29, 1.82) is 0 Å². The number of aliphatic hydroxyl groups is 1. The van der Waals surface area contributed by atoms with E-state index in [1.165, 1.54) is 28.1 Å². The van der Waals surface area contributed by atoms with Crippen molar-refractivity contribution in [3.05, 3.63) is 24.3 Å². The zero-order chi connectivity index (χ0) is 17.1. The number of hydrogen-bond donors (Lipinski definition) is 1. The molecule has 0 radical (unpaired) electrons. The molecule has 0 amide bonds. The maximum absolute atomic E-state index is 14.6. The Hall–Kier alpha value is -0.630. The van der Waals surface area contributed by atoms with E-state index in [0.717, 1.165) is 24.3 Å². The van der Waals surface area contributed by atoms with Crippen LogP contribution in [0.4, 0.5) is 8.78 Å². The van der Waals surface area contributed by atoms with Crippen molar-refractivity contribution in [2.24, 2.45) is 0 Å². The summed E-state index contributed by atoms with van der Waals surface area (Å²) in [5.41, 5.74) is -7.04. The highest BCUT2D eigenvalue weighted by molar-refractivity contribution is 7.55. The molecule has 22 heavy (non-hydrogen) atoms. The first-order valence-corrected chi connectivity index (χ1v) is 8.20. The summed E-state index contributed by atoms with van der Waals surface area (Å²) in [5, 5.41) is 10.2. The average molecular weight is 342 g/mol. The molecule has 0 aromatic rings. The molecule has 0 saturated carbocycles. The molecule has 1 N–H and O–H groups in total. The third-order valence-corrected chi connectivity index (χ3v) is 5.44. The van der Waals surface area contributed by atoms with Gasteiger partial charge in [-0.15, -0.1) is 0 Å². The van der Waals surface area contributed by atoms with Crippen molar-refractivity contribution >= 4 is 7.60 Å². The van der Waals surface area contributed by atoms with Crippen LogP contribution in [-0.2, 0) is 23.1 Å². The van der Waals surface area contributed by atoms with Crippen molar-refractivity contribution in [2.45, 2.75) is 30.9 Å². The number of alkyl halides is 2. The Labute approximate surface area is 128 Å². The van der Waals surface area contributed by atoms with Gasteiger partial charge >= 0.3 is 13.3 Å². The first-order chi connectivity index (χ1) is 10.2. The van der Waals surface area contributed by atoms with E-state index in [2.05, 4.69) is 9.05 Å². The highest BCUT2D eigenvalue weighted by Gasteiger charge is 2.66. The summed E-state index contributed by atoms with van der Waals surface area (Å²) in [6.07, 6.45) is 3.71. The van der Waals surface area contributed by atoms with Crippen molar-refractivity contribution in [3.8, 4) is 0 Å². The molecule has 0 spiro atoms. The molecule has 0 aromatic carbocycles. The fourth-order valence-electron chi connectivity index (χ4n) is 1.91. The summed E-state index contributed by atoms with van der Waals surface area (Å²) in [7, 11) is -2.26. The van der Waals surface area contributed by atoms with Crippen molar-refractivity contribution < 1.29 is 37.0 Å². The first kappa shape index (κ1) is 19.4. The summed E-state index contributed by atoms with van der Waals surface area (Å²) < 4.78 is 61.0. The standard InChI is InChI=1S/C13H21F2O6P/c1-5-20-22(17,21-6-2)13(14,15)11(16)7-9-12(18-3,19-4)10-8-11/h7-10,16H,5-6H2,1-4H3. The lowest BCUT2D eigenvalue weighted by Gasteiger charge is -2.38. The van der Waals surface area contributed by atoms with Crippen molar-refractivity contribution in [2.75, 3.05) is 27.4 Å². The Morgan fingerprint density at radius 1 is 1.05 bits per heavy atom. The van der Waals surface area contributed by atoms with Crippen LogP contribution in [0.2, 0.25) is 0 Å². The molecule has 0 fully saturated rings. The fraction of sp³-hybridized carbons (Fsp3) is 0.692. The van der Waals surface area contributed by atoms with E-state index in [1.807, 2.05) is 0 Å². The van der Waals surface area contributed by atoms with Crippen LogP contribution in [0.3, 0.4) is 0 Å². The second-order valence-corrected chi connectivity index (χ2v) is 6.57. The Morgan fingerprint density at radius 3 is 1.77 bits per heavy atom. The van der Waals surface area contributed by atoms with Crippen LogP contribution in [0.15, 0.2) is 24.3 Å². The fourth-order valence-corrected chi connectivity index (χ4v) is 3.58. The molecule has 0 bridgehead atoms. The highest BCUT2D eigenvalue weighted by Crippen LogP contribution is 2.66. The normalized spacial score (nSPS) is 20.3. The lowest BCUT2D eigenvalue weighted by Crippen LogP contribution is -2.48. The summed E-state index contributed by atoms with van der Waals surface area (Å²) in [4.78, 5) is 0. The molecule has 0 unspecified atom stereocenters. The summed E-state index contributed by atoms with van der Waals surface area (Å²) in [5.74, 6) is -1.37. The van der Waals surface area contributed by atoms with E-state index in [-0.39, 0.29) is 13.2 Å². The molecular weight excluding hydrogens is 321 g/mol. The number of hydrogen-bond acceptors (Lipinski definition) is 6. The third kappa shape index (κ3) is 3.18. The number of halogens is 2. The minimum absolute atomic E-state index is 0.254. The van der Waals surface area contributed by atoms with E-state index >= 15 is 0 Å². The minimum atomic E-state index is -4.88. The highest BCUT2D eigenvalue weighted by atomic mass is 31.2. The molecule has 0 heterocycles. The quantitative estimate of drug-likeness (QED) is 0.415. The second kappa shape index (κ2) is 6.86. The van der Waals surface area contributed by atoms with Gasteiger partial charge in [0.15, 0.2) is 5.60 Å². The lowest BCUT2D eigenvalue weighted by atomic mass is 9.95. The van der Waals surface area contributed by atoms with Gasteiger partial charge in [0.25, 0.3) is 0 Å². The first-order valence-electron chi connectivity index (χ1n) is 6.66. The van der Waals surface area contributed by atoms with E-state index < -0.39 is 24.6 Å². The van der Waals surface area contributed by atoms with Crippen LogP contribution in [0.25, 0.3) is 0 Å². The van der Waals surface area contributed by atoms with Gasteiger partial charge in [-0.25, -0.2) is 0 Å². The third-order valence-electron chi connectivity index (χ3n) is 3.20. The molecule has 1 rings (SSSR count). The largest absolute Gasteiger partial charge is 0.403 e. The topological polar surface area (TPSA) is 74.2 Å². The maximum atomic E-state index is 14.6. The van der Waals surface area contributed by atoms with Gasteiger partial charge in [-0.2, -0.15) is 8.78 Å². The van der Waals surface area contributed by atoms with Gasteiger partial charge in [0.2, 0.25) is 5.79 Å². The molecule has 6 nitrogen and oxygen atoms in total. The Kier molecular flexibility index (Phi) is 6.06. The van der Waals surface area contributed by atoms with Gasteiger partial charge in [0.1, 0.15) is 0 Å². The van der Waals surface area contributed by atoms with Crippen LogP contribution in [0.5, 0.6) is 0 Å². The van der Waals surface area contributed by atoms with Crippen LogP contribution in [0.1, 0.15) is 13.8 Å². The molecule has 0 aromatic heterocycles. The average Bonchev–Trinajstić information content (AvgIpc) is 2.49. The summed E-state index contributed by atoms with van der Waals surface area (Å²) >= 11 is 0. The monoisotopic (exact) mass is 342 g/mol. The van der Waals surface area contributed by atoms with Gasteiger partial charge in [-0.05, 0) is 38.2 Å². The van der Waals surface area contributed by atoms with Crippen LogP contribution in [0, 0.1) is 0 Å². The molecule has 0 atom stereocenters. The van der Waals surface area contributed by atoms with E-state index in [1.54, 1.807) is 0 Å². The Bertz CT molecular complexity index is 461. The second-order valence-electron chi connectivity index (χ2n) is 4.50. The van der Waals surface area contributed by atoms with E-state index in [0.29, 0.717) is 0 Å². The zero-order valence-corrected chi connectivity index (χ0v) is 13.8. The van der Waals surface area contributed by atoms with Crippen LogP contribution in [-0.4, -0.2) is 49.6 Å². The zero-order valence-electron chi connectivity index (χ0n) is 12.9. The SMILES string of the molecule is CCOP(=O)(OCC)C(F)(F)C1(O)C=CC(OC)(OC)C=C1. The molecule has 1 aliphatic rings. The molecule has 128 valence electrons. The predicted octanol–water partition coefficient (Wildman–Crippen LogP) is 2.69. The maximum Gasteiger partial charge on any atom is 0.403 e. The molecule has 0 aliphatic heterocycles. The van der Waals surface area contributed by atoms with Gasteiger partial charge < -0.3 is 23.6 Å². The van der Waals surface area contributed by atoms with E-state index in [4.69, 9.17) is 9.47 Å². The van der Waals surface area contributed by atoms with Crippen LogP contribution >= 0.6 is 7.60 Å². The predicted molar refractivity (Wildman–Crippen MR) is 75.8 cm³/mol. The smallest absolute Gasteiger partial charge is 0.375 e. The van der Waals surface area contributed by atoms with Crippen molar-refractivity contribution in [1.82, 2.24) is 0 Å². The van der Waals surface area contributed by atoms with Gasteiger partial charge in [0, 0.05) is 14.2 Å². The van der Waals surface area contributed by atoms with Gasteiger partial charge in [0.05, 0.1) is 13.2 Å². The molecule has 0 saturated heterocycles. The van der Waals surface area contributed by atoms with Crippen LogP contribution < -0.4 is 0 Å². The van der Waals surface area contributed by atoms with E-state index in [9.17, 15) is 18.5 Å².